The Bertz CT molecular complexity index is 1110. The number of thiophene rings is 1. The van der Waals surface area contributed by atoms with Crippen molar-refractivity contribution < 1.29 is 14.0 Å². The SMILES string of the molecule is Cc1nc(C2CC2)nc2sc(C(=O)NC3CCN(C(=O)c4ccco4)CC3)c(C)c12. The molecule has 0 spiro atoms. The number of fused-ring (bicyclic) bond motifs is 1. The largest absolute Gasteiger partial charge is 0.459 e. The van der Waals surface area contributed by atoms with Crippen LogP contribution in [0.25, 0.3) is 10.2 Å². The molecule has 1 aliphatic heterocycles. The number of carbonyl (C=O) groups excluding carboxylic acids is 2. The maximum atomic E-state index is 13.0. The van der Waals surface area contributed by atoms with Crippen molar-refractivity contribution in [1.29, 1.82) is 0 Å². The molecule has 7 nitrogen and oxygen atoms in total. The lowest BCUT2D eigenvalue weighted by Gasteiger charge is -2.31. The van der Waals surface area contributed by atoms with Gasteiger partial charge in [-0.15, -0.1) is 11.3 Å². The molecule has 0 atom stereocenters. The highest BCUT2D eigenvalue weighted by Gasteiger charge is 2.30. The summed E-state index contributed by atoms with van der Waals surface area (Å²) in [6.07, 6.45) is 5.28. The van der Waals surface area contributed by atoms with Crippen LogP contribution in [-0.4, -0.2) is 45.8 Å². The Kier molecular flexibility index (Phi) is 4.81. The van der Waals surface area contributed by atoms with Crippen LogP contribution < -0.4 is 5.32 Å². The van der Waals surface area contributed by atoms with Gasteiger partial charge in [0.25, 0.3) is 11.8 Å². The van der Waals surface area contributed by atoms with Crippen molar-refractivity contribution in [2.75, 3.05) is 13.1 Å². The average Bonchev–Trinajstić information content (AvgIpc) is 3.33. The van der Waals surface area contributed by atoms with Crippen LogP contribution in [0.1, 0.15) is 68.9 Å². The van der Waals surface area contributed by atoms with Gasteiger partial charge in [0, 0.05) is 30.4 Å². The first-order valence-corrected chi connectivity index (χ1v) is 11.2. The molecule has 8 heteroatoms. The lowest BCUT2D eigenvalue weighted by molar-refractivity contribution is 0.0667. The Morgan fingerprint density at radius 2 is 1.93 bits per heavy atom. The van der Waals surface area contributed by atoms with E-state index in [1.807, 2.05) is 13.8 Å². The fraction of sp³-hybridized carbons (Fsp3) is 0.455. The van der Waals surface area contributed by atoms with Gasteiger partial charge in [0.05, 0.1) is 16.8 Å². The standard InChI is InChI=1S/C22H24N4O3S/c1-12-17-13(2)23-19(14-5-6-14)25-21(17)30-18(12)20(27)24-15-7-9-26(10-8-15)22(28)16-4-3-11-29-16/h3-4,11,14-15H,5-10H2,1-2H3,(H,24,27). The van der Waals surface area contributed by atoms with Crippen LogP contribution in [0.5, 0.6) is 0 Å². The topological polar surface area (TPSA) is 88.3 Å². The predicted octanol–water partition coefficient (Wildman–Crippen LogP) is 3.81. The van der Waals surface area contributed by atoms with Crippen molar-refractivity contribution in [1.82, 2.24) is 20.2 Å². The van der Waals surface area contributed by atoms with Gasteiger partial charge in [-0.1, -0.05) is 0 Å². The monoisotopic (exact) mass is 424 g/mol. The first-order valence-electron chi connectivity index (χ1n) is 10.4. The number of furan rings is 1. The molecule has 0 bridgehead atoms. The molecule has 30 heavy (non-hydrogen) atoms. The third kappa shape index (κ3) is 3.49. The van der Waals surface area contributed by atoms with Crippen LogP contribution in [0.2, 0.25) is 0 Å². The highest BCUT2D eigenvalue weighted by Crippen LogP contribution is 2.40. The Morgan fingerprint density at radius 3 is 2.60 bits per heavy atom. The third-order valence-corrected chi connectivity index (χ3v) is 7.17. The summed E-state index contributed by atoms with van der Waals surface area (Å²) >= 11 is 1.46. The molecule has 0 radical (unpaired) electrons. The Labute approximate surface area is 178 Å². The predicted molar refractivity (Wildman–Crippen MR) is 114 cm³/mol. The van der Waals surface area contributed by atoms with E-state index < -0.39 is 0 Å². The number of amides is 2. The molecular weight excluding hydrogens is 400 g/mol. The van der Waals surface area contributed by atoms with Gasteiger partial charge in [-0.2, -0.15) is 0 Å². The first kappa shape index (κ1) is 19.2. The smallest absolute Gasteiger partial charge is 0.289 e. The molecule has 2 amide bonds. The van der Waals surface area contributed by atoms with E-state index in [-0.39, 0.29) is 17.9 Å². The molecule has 3 aromatic rings. The highest BCUT2D eigenvalue weighted by molar-refractivity contribution is 7.20. The molecule has 1 saturated heterocycles. The van der Waals surface area contributed by atoms with Gasteiger partial charge in [0.2, 0.25) is 0 Å². The maximum Gasteiger partial charge on any atom is 0.289 e. The zero-order valence-electron chi connectivity index (χ0n) is 17.1. The fourth-order valence-electron chi connectivity index (χ4n) is 4.13. The third-order valence-electron chi connectivity index (χ3n) is 5.99. The number of hydrogen-bond donors (Lipinski definition) is 1. The lowest BCUT2D eigenvalue weighted by atomic mass is 10.0. The molecule has 0 unspecified atom stereocenters. The zero-order valence-corrected chi connectivity index (χ0v) is 17.9. The summed E-state index contributed by atoms with van der Waals surface area (Å²) in [5.41, 5.74) is 1.91. The molecule has 2 aliphatic rings. The van der Waals surface area contributed by atoms with Crippen LogP contribution >= 0.6 is 11.3 Å². The van der Waals surface area contributed by atoms with Gasteiger partial charge in [-0.25, -0.2) is 9.97 Å². The molecule has 1 saturated carbocycles. The van der Waals surface area contributed by atoms with Gasteiger partial charge in [-0.05, 0) is 57.2 Å². The minimum absolute atomic E-state index is 0.0527. The summed E-state index contributed by atoms with van der Waals surface area (Å²) in [7, 11) is 0. The van der Waals surface area contributed by atoms with E-state index >= 15 is 0 Å². The van der Waals surface area contributed by atoms with Crippen LogP contribution in [0.4, 0.5) is 0 Å². The molecule has 5 rings (SSSR count). The molecule has 1 N–H and O–H groups in total. The average molecular weight is 425 g/mol. The van der Waals surface area contributed by atoms with Gasteiger partial charge in [0.1, 0.15) is 10.7 Å². The fourth-order valence-corrected chi connectivity index (χ4v) is 5.28. The van der Waals surface area contributed by atoms with Crippen molar-refractivity contribution in [3.8, 4) is 0 Å². The normalized spacial score (nSPS) is 17.5. The number of aromatic nitrogens is 2. The van der Waals surface area contributed by atoms with Gasteiger partial charge in [0.15, 0.2) is 5.76 Å². The first-order chi connectivity index (χ1) is 14.5. The number of likely N-dealkylation sites (tertiary alicyclic amines) is 1. The molecule has 3 aromatic heterocycles. The van der Waals surface area contributed by atoms with Crippen molar-refractivity contribution >= 4 is 33.4 Å². The van der Waals surface area contributed by atoms with Crippen LogP contribution in [0, 0.1) is 13.8 Å². The van der Waals surface area contributed by atoms with E-state index in [1.165, 1.54) is 17.6 Å². The second kappa shape index (κ2) is 7.50. The number of carbonyl (C=O) groups is 2. The quantitative estimate of drug-likeness (QED) is 0.688. The van der Waals surface area contributed by atoms with Crippen molar-refractivity contribution in [3.63, 3.8) is 0 Å². The van der Waals surface area contributed by atoms with Crippen molar-refractivity contribution in [2.24, 2.45) is 0 Å². The summed E-state index contributed by atoms with van der Waals surface area (Å²) in [6.45, 7) is 5.19. The molecule has 4 heterocycles. The molecule has 156 valence electrons. The van der Waals surface area contributed by atoms with E-state index in [4.69, 9.17) is 9.40 Å². The summed E-state index contributed by atoms with van der Waals surface area (Å²) in [5.74, 6) is 1.62. The van der Waals surface area contributed by atoms with E-state index in [1.54, 1.807) is 17.0 Å². The Hall–Kier alpha value is -2.74. The number of hydrogen-bond acceptors (Lipinski definition) is 6. The second-order valence-electron chi connectivity index (χ2n) is 8.20. The minimum atomic E-state index is -0.0920. The molecule has 0 aromatic carbocycles. The second-order valence-corrected chi connectivity index (χ2v) is 9.19. The van der Waals surface area contributed by atoms with Gasteiger partial charge in [-0.3, -0.25) is 9.59 Å². The van der Waals surface area contributed by atoms with Gasteiger partial charge < -0.3 is 14.6 Å². The van der Waals surface area contributed by atoms with Crippen LogP contribution in [0.3, 0.4) is 0 Å². The van der Waals surface area contributed by atoms with E-state index in [0.29, 0.717) is 29.6 Å². The van der Waals surface area contributed by atoms with Crippen molar-refractivity contribution in [2.45, 2.75) is 51.5 Å². The van der Waals surface area contributed by atoms with Gasteiger partial charge >= 0.3 is 0 Å². The Morgan fingerprint density at radius 1 is 1.17 bits per heavy atom. The van der Waals surface area contributed by atoms with Crippen molar-refractivity contribution in [3.05, 3.63) is 46.1 Å². The van der Waals surface area contributed by atoms with Crippen LogP contribution in [-0.2, 0) is 0 Å². The highest BCUT2D eigenvalue weighted by atomic mass is 32.1. The number of rotatable bonds is 4. The summed E-state index contributed by atoms with van der Waals surface area (Å²) in [4.78, 5) is 38.2. The number of nitrogens with zero attached hydrogens (tertiary/aromatic N) is 3. The van der Waals surface area contributed by atoms with Crippen LogP contribution in [0.15, 0.2) is 22.8 Å². The summed E-state index contributed by atoms with van der Waals surface area (Å²) in [5, 5.41) is 4.17. The summed E-state index contributed by atoms with van der Waals surface area (Å²) in [6, 6.07) is 3.45. The minimum Gasteiger partial charge on any atom is -0.459 e. The molecule has 2 fully saturated rings. The molecule has 1 aliphatic carbocycles. The molecular formula is C22H24N4O3S. The lowest BCUT2D eigenvalue weighted by Crippen LogP contribution is -2.46. The van der Waals surface area contributed by atoms with E-state index in [9.17, 15) is 9.59 Å². The van der Waals surface area contributed by atoms with E-state index in [0.717, 1.165) is 53.0 Å². The number of piperidine rings is 1. The summed E-state index contributed by atoms with van der Waals surface area (Å²) < 4.78 is 5.21. The number of aryl methyl sites for hydroxylation is 2. The zero-order chi connectivity index (χ0) is 20.8. The maximum absolute atomic E-state index is 13.0. The van der Waals surface area contributed by atoms with E-state index in [2.05, 4.69) is 10.3 Å². The Balaban J connectivity index is 1.27. The number of nitrogens with one attached hydrogen (secondary N) is 1.